The van der Waals surface area contributed by atoms with Gasteiger partial charge < -0.3 is 10.5 Å². The van der Waals surface area contributed by atoms with E-state index < -0.39 is 11.7 Å². The van der Waals surface area contributed by atoms with E-state index >= 15 is 0 Å². The molecule has 0 aromatic heterocycles. The number of ether oxygens (including phenoxy) is 1. The molecule has 2 N–H and O–H groups in total. The standard InChI is InChI=1S/C18H18F3NO2/c1-11(22)15-8-3-12(10-17(23)24-2)9-16(15)13-4-6-14(7-5-13)18(19,20)21/h3-9,11H,10,22H2,1-2H3. The van der Waals surface area contributed by atoms with Crippen LogP contribution in [0.5, 0.6) is 0 Å². The molecular weight excluding hydrogens is 319 g/mol. The first-order chi connectivity index (χ1) is 11.2. The van der Waals surface area contributed by atoms with E-state index in [1.165, 1.54) is 19.2 Å². The lowest BCUT2D eigenvalue weighted by Crippen LogP contribution is -2.09. The summed E-state index contributed by atoms with van der Waals surface area (Å²) in [5.74, 6) is -0.387. The zero-order valence-corrected chi connectivity index (χ0v) is 13.4. The average molecular weight is 337 g/mol. The fourth-order valence-electron chi connectivity index (χ4n) is 2.44. The Morgan fingerprint density at radius 1 is 1.17 bits per heavy atom. The molecule has 0 spiro atoms. The number of methoxy groups -OCH3 is 1. The van der Waals surface area contributed by atoms with Gasteiger partial charge in [-0.15, -0.1) is 0 Å². The Hall–Kier alpha value is -2.34. The molecule has 0 aliphatic carbocycles. The minimum Gasteiger partial charge on any atom is -0.469 e. The van der Waals surface area contributed by atoms with Crippen LogP contribution < -0.4 is 5.73 Å². The number of rotatable bonds is 4. The third kappa shape index (κ3) is 4.14. The van der Waals surface area contributed by atoms with Gasteiger partial charge in [-0.05, 0) is 41.3 Å². The molecule has 0 saturated carbocycles. The lowest BCUT2D eigenvalue weighted by Gasteiger charge is -2.15. The Morgan fingerprint density at radius 3 is 2.29 bits per heavy atom. The van der Waals surface area contributed by atoms with Gasteiger partial charge in [-0.3, -0.25) is 4.79 Å². The molecule has 0 aliphatic heterocycles. The second kappa shape index (κ2) is 7.05. The molecule has 0 radical (unpaired) electrons. The van der Waals surface area contributed by atoms with Crippen LogP contribution in [0.2, 0.25) is 0 Å². The number of hydrogen-bond acceptors (Lipinski definition) is 3. The Morgan fingerprint density at radius 2 is 1.79 bits per heavy atom. The van der Waals surface area contributed by atoms with Crippen molar-refractivity contribution in [3.63, 3.8) is 0 Å². The minimum atomic E-state index is -4.38. The van der Waals surface area contributed by atoms with Crippen LogP contribution in [0.15, 0.2) is 42.5 Å². The molecule has 0 heterocycles. The molecule has 128 valence electrons. The number of carbonyl (C=O) groups excluding carboxylic acids is 1. The second-order valence-corrected chi connectivity index (χ2v) is 5.54. The first kappa shape index (κ1) is 18.0. The van der Waals surface area contributed by atoms with E-state index in [9.17, 15) is 18.0 Å². The number of carbonyl (C=O) groups is 1. The van der Waals surface area contributed by atoms with Crippen LogP contribution in [-0.2, 0) is 22.1 Å². The lowest BCUT2D eigenvalue weighted by molar-refractivity contribution is -0.140. The summed E-state index contributed by atoms with van der Waals surface area (Å²) >= 11 is 0. The Labute approximate surface area is 138 Å². The number of alkyl halides is 3. The third-order valence-corrected chi connectivity index (χ3v) is 3.71. The minimum absolute atomic E-state index is 0.0867. The Balaban J connectivity index is 2.46. The SMILES string of the molecule is COC(=O)Cc1ccc(C(C)N)c(-c2ccc(C(F)(F)F)cc2)c1. The van der Waals surface area contributed by atoms with Gasteiger partial charge in [-0.25, -0.2) is 0 Å². The molecular formula is C18H18F3NO2. The van der Waals surface area contributed by atoms with Gasteiger partial charge >= 0.3 is 12.1 Å². The van der Waals surface area contributed by atoms with Gasteiger partial charge in [0.2, 0.25) is 0 Å². The second-order valence-electron chi connectivity index (χ2n) is 5.54. The Kier molecular flexibility index (Phi) is 5.29. The fourth-order valence-corrected chi connectivity index (χ4v) is 2.44. The lowest BCUT2D eigenvalue weighted by atomic mass is 9.92. The maximum atomic E-state index is 12.7. The predicted molar refractivity (Wildman–Crippen MR) is 85.2 cm³/mol. The monoisotopic (exact) mass is 337 g/mol. The molecule has 0 amide bonds. The van der Waals surface area contributed by atoms with Gasteiger partial charge in [0.05, 0.1) is 19.1 Å². The molecule has 3 nitrogen and oxygen atoms in total. The Bertz CT molecular complexity index is 722. The summed E-state index contributed by atoms with van der Waals surface area (Å²) in [7, 11) is 1.30. The number of esters is 1. The van der Waals surface area contributed by atoms with E-state index in [0.717, 1.165) is 17.7 Å². The highest BCUT2D eigenvalue weighted by atomic mass is 19.4. The smallest absolute Gasteiger partial charge is 0.416 e. The quantitative estimate of drug-likeness (QED) is 0.854. The van der Waals surface area contributed by atoms with Crippen molar-refractivity contribution in [1.29, 1.82) is 0 Å². The van der Waals surface area contributed by atoms with Gasteiger partial charge in [0.1, 0.15) is 0 Å². The summed E-state index contributed by atoms with van der Waals surface area (Å²) in [6.07, 6.45) is -4.29. The number of hydrogen-bond donors (Lipinski definition) is 1. The number of benzene rings is 2. The molecule has 1 atom stereocenters. The fraction of sp³-hybridized carbons (Fsp3) is 0.278. The van der Waals surface area contributed by atoms with Crippen LogP contribution in [0.1, 0.15) is 29.7 Å². The van der Waals surface area contributed by atoms with E-state index in [1.54, 1.807) is 25.1 Å². The van der Waals surface area contributed by atoms with Crippen molar-refractivity contribution in [3.05, 3.63) is 59.2 Å². The molecule has 0 saturated heterocycles. The molecule has 2 aromatic carbocycles. The van der Waals surface area contributed by atoms with Gasteiger partial charge in [0.15, 0.2) is 0 Å². The van der Waals surface area contributed by atoms with Crippen molar-refractivity contribution in [2.75, 3.05) is 7.11 Å². The van der Waals surface area contributed by atoms with Crippen LogP contribution >= 0.6 is 0 Å². The van der Waals surface area contributed by atoms with E-state index in [0.29, 0.717) is 16.7 Å². The molecule has 2 aromatic rings. The summed E-state index contributed by atoms with van der Waals surface area (Å²) in [5, 5.41) is 0. The van der Waals surface area contributed by atoms with Crippen molar-refractivity contribution >= 4 is 5.97 Å². The molecule has 0 aliphatic rings. The first-order valence-corrected chi connectivity index (χ1v) is 7.35. The van der Waals surface area contributed by atoms with Gasteiger partial charge in [0, 0.05) is 6.04 Å². The maximum Gasteiger partial charge on any atom is 0.416 e. The van der Waals surface area contributed by atoms with Crippen molar-refractivity contribution in [2.45, 2.75) is 25.6 Å². The van der Waals surface area contributed by atoms with Crippen LogP contribution in [0.3, 0.4) is 0 Å². The average Bonchev–Trinajstić information content (AvgIpc) is 2.53. The third-order valence-electron chi connectivity index (χ3n) is 3.71. The summed E-state index contributed by atoms with van der Waals surface area (Å²) in [6.45, 7) is 1.79. The van der Waals surface area contributed by atoms with Gasteiger partial charge in [0.25, 0.3) is 0 Å². The molecule has 0 fully saturated rings. The number of nitrogens with two attached hydrogens (primary N) is 1. The van der Waals surface area contributed by atoms with Crippen LogP contribution in [0.4, 0.5) is 13.2 Å². The zero-order valence-electron chi connectivity index (χ0n) is 13.4. The highest BCUT2D eigenvalue weighted by Crippen LogP contribution is 2.33. The summed E-state index contributed by atoms with van der Waals surface area (Å²) in [6, 6.07) is 9.91. The highest BCUT2D eigenvalue weighted by Gasteiger charge is 2.30. The largest absolute Gasteiger partial charge is 0.469 e. The first-order valence-electron chi connectivity index (χ1n) is 7.35. The maximum absolute atomic E-state index is 12.7. The van der Waals surface area contributed by atoms with E-state index in [4.69, 9.17) is 5.73 Å². The van der Waals surface area contributed by atoms with E-state index in [-0.39, 0.29) is 18.4 Å². The summed E-state index contributed by atoms with van der Waals surface area (Å²) in [4.78, 5) is 11.4. The molecule has 0 bridgehead atoms. The zero-order chi connectivity index (χ0) is 17.9. The summed E-state index contributed by atoms with van der Waals surface area (Å²) in [5.41, 5.74) is 8.07. The normalized spacial score (nSPS) is 12.8. The molecule has 1 unspecified atom stereocenters. The predicted octanol–water partition coefficient (Wildman–Crippen LogP) is 4.11. The highest BCUT2D eigenvalue weighted by molar-refractivity contribution is 5.75. The van der Waals surface area contributed by atoms with E-state index in [1.807, 2.05) is 0 Å². The van der Waals surface area contributed by atoms with Crippen molar-refractivity contribution in [2.24, 2.45) is 5.73 Å². The van der Waals surface area contributed by atoms with Crippen LogP contribution in [0.25, 0.3) is 11.1 Å². The van der Waals surface area contributed by atoms with Gasteiger partial charge in [-0.1, -0.05) is 30.3 Å². The van der Waals surface area contributed by atoms with Crippen molar-refractivity contribution < 1.29 is 22.7 Å². The number of halogens is 3. The van der Waals surface area contributed by atoms with Crippen molar-refractivity contribution in [3.8, 4) is 11.1 Å². The van der Waals surface area contributed by atoms with Crippen LogP contribution in [-0.4, -0.2) is 13.1 Å². The molecule has 6 heteroatoms. The summed E-state index contributed by atoms with van der Waals surface area (Å²) < 4.78 is 42.8. The van der Waals surface area contributed by atoms with Crippen molar-refractivity contribution in [1.82, 2.24) is 0 Å². The molecule has 2 rings (SSSR count). The van der Waals surface area contributed by atoms with Crippen LogP contribution in [0, 0.1) is 0 Å². The molecule has 24 heavy (non-hydrogen) atoms. The topological polar surface area (TPSA) is 52.3 Å². The van der Waals surface area contributed by atoms with Gasteiger partial charge in [-0.2, -0.15) is 13.2 Å². The van der Waals surface area contributed by atoms with E-state index in [2.05, 4.69) is 4.74 Å².